The van der Waals surface area contributed by atoms with Crippen LogP contribution < -0.4 is 10.1 Å². The monoisotopic (exact) mass is 499 g/mol. The van der Waals surface area contributed by atoms with Crippen molar-refractivity contribution in [1.29, 1.82) is 0 Å². The van der Waals surface area contributed by atoms with Crippen LogP contribution in [0.15, 0.2) is 34.5 Å². The van der Waals surface area contributed by atoms with E-state index >= 15 is 0 Å². The molecule has 0 atom stereocenters. The lowest BCUT2D eigenvalue weighted by atomic mass is 10.3. The van der Waals surface area contributed by atoms with Gasteiger partial charge >= 0.3 is 11.7 Å². The normalized spacial score (nSPS) is 14.5. The number of anilines is 1. The third-order valence-corrected chi connectivity index (χ3v) is 7.23. The molecule has 1 aromatic heterocycles. The number of rotatable bonds is 9. The number of carbonyl (C=O) groups is 2. The average molecular weight is 500 g/mol. The zero-order valence-corrected chi connectivity index (χ0v) is 19.1. The van der Waals surface area contributed by atoms with Gasteiger partial charge in [-0.3, -0.25) is 14.9 Å². The molecule has 1 fully saturated rings. The van der Waals surface area contributed by atoms with Gasteiger partial charge in [-0.25, -0.2) is 13.2 Å². The number of carbonyl (C=O) groups excluding carboxylic acids is 2. The van der Waals surface area contributed by atoms with E-state index in [1.807, 2.05) is 0 Å². The number of benzene rings is 1. The summed E-state index contributed by atoms with van der Waals surface area (Å²) >= 11 is 1.10. The number of nitrogens with zero attached hydrogens (tertiary/aromatic N) is 2. The van der Waals surface area contributed by atoms with Crippen LogP contribution in [0.25, 0.3) is 0 Å². The summed E-state index contributed by atoms with van der Waals surface area (Å²) in [6.45, 7) is 1.99. The molecule has 0 unspecified atom stereocenters. The van der Waals surface area contributed by atoms with Crippen molar-refractivity contribution < 1.29 is 37.1 Å². The molecule has 0 aliphatic carbocycles. The Kier molecular flexibility index (Phi) is 7.97. The van der Waals surface area contributed by atoms with Gasteiger partial charge in [0.05, 0.1) is 35.2 Å². The second-order valence-electron chi connectivity index (χ2n) is 6.62. The molecule has 2 heterocycles. The SMILES string of the molecule is CCOC(=O)c1ccsc1NC(=O)COc1ccc(S(=O)(=O)N2CCOCC2)cc1[N+](=O)[O-]. The number of morpholine rings is 1. The highest BCUT2D eigenvalue weighted by Crippen LogP contribution is 2.31. The zero-order valence-electron chi connectivity index (χ0n) is 17.5. The van der Waals surface area contributed by atoms with Crippen LogP contribution in [0.1, 0.15) is 17.3 Å². The first kappa shape index (κ1) is 24.6. The zero-order chi connectivity index (χ0) is 24.0. The molecule has 1 aromatic carbocycles. The Morgan fingerprint density at radius 1 is 1.27 bits per heavy atom. The van der Waals surface area contributed by atoms with Crippen molar-refractivity contribution >= 4 is 43.9 Å². The molecule has 33 heavy (non-hydrogen) atoms. The minimum absolute atomic E-state index is 0.144. The van der Waals surface area contributed by atoms with Crippen molar-refractivity contribution in [3.8, 4) is 5.75 Å². The van der Waals surface area contributed by atoms with E-state index in [1.54, 1.807) is 12.3 Å². The lowest BCUT2D eigenvalue weighted by Crippen LogP contribution is -2.40. The van der Waals surface area contributed by atoms with E-state index < -0.39 is 39.1 Å². The lowest BCUT2D eigenvalue weighted by molar-refractivity contribution is -0.386. The van der Waals surface area contributed by atoms with Crippen molar-refractivity contribution in [2.24, 2.45) is 0 Å². The fourth-order valence-corrected chi connectivity index (χ4v) is 5.16. The van der Waals surface area contributed by atoms with Gasteiger partial charge in [0, 0.05) is 19.2 Å². The molecule has 1 aliphatic heterocycles. The van der Waals surface area contributed by atoms with Crippen LogP contribution in [0.2, 0.25) is 0 Å². The highest BCUT2D eigenvalue weighted by atomic mass is 32.2. The maximum atomic E-state index is 12.8. The van der Waals surface area contributed by atoms with Crippen LogP contribution in [0.5, 0.6) is 5.75 Å². The summed E-state index contributed by atoms with van der Waals surface area (Å²) in [7, 11) is -3.95. The predicted molar refractivity (Wildman–Crippen MR) is 117 cm³/mol. The van der Waals surface area contributed by atoms with Crippen LogP contribution in [0.4, 0.5) is 10.7 Å². The van der Waals surface area contributed by atoms with Crippen LogP contribution in [-0.4, -0.2) is 69.0 Å². The first-order valence-electron chi connectivity index (χ1n) is 9.77. The van der Waals surface area contributed by atoms with E-state index in [-0.39, 0.29) is 54.1 Å². The number of ether oxygens (including phenoxy) is 3. The fourth-order valence-electron chi connectivity index (χ4n) is 2.94. The van der Waals surface area contributed by atoms with Gasteiger partial charge in [0.25, 0.3) is 5.91 Å². The molecule has 0 saturated carbocycles. The molecule has 0 radical (unpaired) electrons. The minimum Gasteiger partial charge on any atom is -0.477 e. The van der Waals surface area contributed by atoms with E-state index in [1.165, 1.54) is 16.4 Å². The van der Waals surface area contributed by atoms with Crippen molar-refractivity contribution in [2.75, 3.05) is 44.8 Å². The van der Waals surface area contributed by atoms with Gasteiger partial charge in [0.1, 0.15) is 5.00 Å². The number of hydrogen-bond acceptors (Lipinski definition) is 10. The number of hydrogen-bond donors (Lipinski definition) is 1. The maximum absolute atomic E-state index is 12.8. The van der Waals surface area contributed by atoms with E-state index in [2.05, 4.69) is 5.32 Å². The Labute approximate surface area is 193 Å². The molecule has 178 valence electrons. The number of sulfonamides is 1. The van der Waals surface area contributed by atoms with Crippen LogP contribution in [0.3, 0.4) is 0 Å². The van der Waals surface area contributed by atoms with Crippen LogP contribution in [0, 0.1) is 10.1 Å². The molecule has 2 aromatic rings. The van der Waals surface area contributed by atoms with E-state index in [0.717, 1.165) is 23.5 Å². The van der Waals surface area contributed by atoms with Crippen LogP contribution in [-0.2, 0) is 24.3 Å². The number of nitro benzene ring substituents is 1. The Hall–Kier alpha value is -3.07. The molecule has 1 amide bonds. The highest BCUT2D eigenvalue weighted by Gasteiger charge is 2.29. The second-order valence-corrected chi connectivity index (χ2v) is 9.48. The molecule has 1 saturated heterocycles. The number of thiophene rings is 1. The number of nitro groups is 1. The summed E-state index contributed by atoms with van der Waals surface area (Å²) in [5, 5.41) is 15.9. The summed E-state index contributed by atoms with van der Waals surface area (Å²) < 4.78 is 42.0. The molecule has 1 N–H and O–H groups in total. The van der Waals surface area contributed by atoms with Gasteiger partial charge in [-0.1, -0.05) is 0 Å². The highest BCUT2D eigenvalue weighted by molar-refractivity contribution is 7.89. The summed E-state index contributed by atoms with van der Waals surface area (Å²) in [5.74, 6) is -1.53. The molecular weight excluding hydrogens is 478 g/mol. The van der Waals surface area contributed by atoms with Gasteiger partial charge < -0.3 is 19.5 Å². The summed E-state index contributed by atoms with van der Waals surface area (Å²) in [6.07, 6.45) is 0. The minimum atomic E-state index is -3.95. The largest absolute Gasteiger partial charge is 0.477 e. The Bertz CT molecular complexity index is 1140. The van der Waals surface area contributed by atoms with E-state index in [4.69, 9.17) is 14.2 Å². The predicted octanol–water partition coefficient (Wildman–Crippen LogP) is 1.87. The third-order valence-electron chi connectivity index (χ3n) is 4.51. The molecule has 0 bridgehead atoms. The first-order chi connectivity index (χ1) is 15.7. The van der Waals surface area contributed by atoms with Crippen LogP contribution >= 0.6 is 11.3 Å². The van der Waals surface area contributed by atoms with E-state index in [9.17, 15) is 28.1 Å². The molecule has 3 rings (SSSR count). The Morgan fingerprint density at radius 2 is 2.00 bits per heavy atom. The van der Waals surface area contributed by atoms with Crippen molar-refractivity contribution in [3.05, 3.63) is 45.3 Å². The summed E-state index contributed by atoms with van der Waals surface area (Å²) in [6, 6.07) is 4.71. The standard InChI is InChI=1S/C19H21N3O9S2/c1-2-30-19(24)14-5-10-32-18(14)20-17(23)12-31-16-4-3-13(11-15(16)22(25)26)33(27,28)21-6-8-29-9-7-21/h3-5,10-11H,2,6-9,12H2,1H3,(H,20,23). The van der Waals surface area contributed by atoms with Crippen molar-refractivity contribution in [2.45, 2.75) is 11.8 Å². The van der Waals surface area contributed by atoms with Gasteiger partial charge in [-0.15, -0.1) is 11.3 Å². The van der Waals surface area contributed by atoms with Gasteiger partial charge in [-0.05, 0) is 30.5 Å². The maximum Gasteiger partial charge on any atom is 0.341 e. The number of amides is 1. The molecule has 14 heteroatoms. The lowest BCUT2D eigenvalue weighted by Gasteiger charge is -2.26. The van der Waals surface area contributed by atoms with E-state index in [0.29, 0.717) is 0 Å². The summed E-state index contributed by atoms with van der Waals surface area (Å²) in [4.78, 5) is 34.6. The topological polar surface area (TPSA) is 154 Å². The first-order valence-corrected chi connectivity index (χ1v) is 12.1. The number of nitrogens with one attached hydrogen (secondary N) is 1. The Morgan fingerprint density at radius 3 is 2.67 bits per heavy atom. The van der Waals surface area contributed by atoms with Gasteiger partial charge in [0.15, 0.2) is 12.4 Å². The third kappa shape index (κ3) is 5.84. The fraction of sp³-hybridized carbons (Fsp3) is 0.368. The molecule has 12 nitrogen and oxygen atoms in total. The smallest absolute Gasteiger partial charge is 0.341 e. The average Bonchev–Trinajstić information content (AvgIpc) is 3.26. The number of esters is 1. The second kappa shape index (κ2) is 10.7. The quantitative estimate of drug-likeness (QED) is 0.309. The van der Waals surface area contributed by atoms with Crippen molar-refractivity contribution in [1.82, 2.24) is 4.31 Å². The van der Waals surface area contributed by atoms with Gasteiger partial charge in [0.2, 0.25) is 10.0 Å². The molecular formula is C19H21N3O9S2. The summed E-state index contributed by atoms with van der Waals surface area (Å²) in [5.41, 5.74) is -0.417. The van der Waals surface area contributed by atoms with Gasteiger partial charge in [-0.2, -0.15) is 4.31 Å². The molecule has 0 spiro atoms. The van der Waals surface area contributed by atoms with Crippen molar-refractivity contribution in [3.63, 3.8) is 0 Å². The Balaban J connectivity index is 1.71. The molecule has 1 aliphatic rings.